The maximum atomic E-state index is 10.7. The third-order valence-corrected chi connectivity index (χ3v) is 1.56. The maximum Gasteiger partial charge on any atom is 0.219 e. The zero-order valence-electron chi connectivity index (χ0n) is 5.68. The van der Waals surface area contributed by atoms with Crippen LogP contribution >= 0.6 is 0 Å². The van der Waals surface area contributed by atoms with Crippen molar-refractivity contribution in [1.29, 1.82) is 0 Å². The van der Waals surface area contributed by atoms with Gasteiger partial charge in [-0.15, -0.1) is 0 Å². The molecule has 1 saturated heterocycles. The van der Waals surface area contributed by atoms with Crippen LogP contribution in [0.25, 0.3) is 0 Å². The highest BCUT2D eigenvalue weighted by molar-refractivity contribution is 5.73. The number of likely N-dealkylation sites (tertiary alicyclic amines) is 1. The van der Waals surface area contributed by atoms with Crippen molar-refractivity contribution in [3.05, 3.63) is 6.42 Å². The number of amides is 1. The summed E-state index contributed by atoms with van der Waals surface area (Å²) >= 11 is 0. The Bertz CT molecular complexity index is 105. The third kappa shape index (κ3) is 1.70. The Morgan fingerprint density at radius 2 is 2.00 bits per heavy atom. The minimum atomic E-state index is 0.191. The SMILES string of the molecule is CC(=O)N1CC[C]CC1. The first-order valence-electron chi connectivity index (χ1n) is 3.27. The van der Waals surface area contributed by atoms with Gasteiger partial charge in [-0.3, -0.25) is 4.79 Å². The Kier molecular flexibility index (Phi) is 2.09. The predicted molar refractivity (Wildman–Crippen MR) is 34.7 cm³/mol. The Hall–Kier alpha value is -0.530. The summed E-state index contributed by atoms with van der Waals surface area (Å²) < 4.78 is 0. The Morgan fingerprint density at radius 1 is 1.44 bits per heavy atom. The highest BCUT2D eigenvalue weighted by Crippen LogP contribution is 2.06. The molecule has 0 atom stereocenters. The average Bonchev–Trinajstić information content (AvgIpc) is 1.90. The number of carbonyl (C=O) groups is 1. The van der Waals surface area contributed by atoms with E-state index in [1.807, 2.05) is 4.90 Å². The lowest BCUT2D eigenvalue weighted by atomic mass is 10.1. The molecule has 1 aliphatic rings. The molecule has 2 heteroatoms. The summed E-state index contributed by atoms with van der Waals surface area (Å²) in [5, 5.41) is 0. The lowest BCUT2D eigenvalue weighted by molar-refractivity contribution is -0.129. The van der Waals surface area contributed by atoms with Crippen LogP contribution in [-0.2, 0) is 4.79 Å². The van der Waals surface area contributed by atoms with Crippen molar-refractivity contribution in [3.8, 4) is 0 Å². The molecule has 0 aromatic heterocycles. The molecule has 0 saturated carbocycles. The summed E-state index contributed by atoms with van der Waals surface area (Å²) in [6.45, 7) is 3.36. The van der Waals surface area contributed by atoms with Crippen molar-refractivity contribution in [2.24, 2.45) is 0 Å². The average molecular weight is 125 g/mol. The van der Waals surface area contributed by atoms with Crippen molar-refractivity contribution in [2.45, 2.75) is 19.8 Å². The van der Waals surface area contributed by atoms with Gasteiger partial charge >= 0.3 is 0 Å². The van der Waals surface area contributed by atoms with E-state index in [2.05, 4.69) is 6.42 Å². The Balaban J connectivity index is 2.31. The smallest absolute Gasteiger partial charge is 0.219 e. The second-order valence-electron chi connectivity index (χ2n) is 2.26. The van der Waals surface area contributed by atoms with Gasteiger partial charge in [0.25, 0.3) is 0 Å². The predicted octanol–water partition coefficient (Wildman–Crippen LogP) is 0.710. The first kappa shape index (κ1) is 6.59. The lowest BCUT2D eigenvalue weighted by Gasteiger charge is -2.24. The van der Waals surface area contributed by atoms with E-state index in [1.165, 1.54) is 0 Å². The summed E-state index contributed by atoms with van der Waals surface area (Å²) in [6, 6.07) is 0. The van der Waals surface area contributed by atoms with Crippen LogP contribution in [0.15, 0.2) is 0 Å². The van der Waals surface area contributed by atoms with E-state index in [0.717, 1.165) is 25.9 Å². The number of carbonyl (C=O) groups excluding carboxylic acids is 1. The van der Waals surface area contributed by atoms with E-state index < -0.39 is 0 Å². The molecule has 1 amide bonds. The molecular formula is C7H11NO. The quantitative estimate of drug-likeness (QED) is 0.467. The van der Waals surface area contributed by atoms with Crippen LogP contribution in [0.5, 0.6) is 0 Å². The standard InChI is InChI=1S/C7H11NO/c1-7(9)8-5-3-2-4-6-8/h3-6H2,1H3. The van der Waals surface area contributed by atoms with Crippen LogP contribution in [0.3, 0.4) is 0 Å². The zero-order chi connectivity index (χ0) is 6.69. The molecule has 0 spiro atoms. The highest BCUT2D eigenvalue weighted by atomic mass is 16.2. The van der Waals surface area contributed by atoms with Gasteiger partial charge < -0.3 is 4.90 Å². The Labute approximate surface area is 55.8 Å². The van der Waals surface area contributed by atoms with Crippen LogP contribution in [0.4, 0.5) is 0 Å². The molecule has 0 bridgehead atoms. The number of rotatable bonds is 0. The van der Waals surface area contributed by atoms with Gasteiger partial charge in [-0.1, -0.05) is 0 Å². The van der Waals surface area contributed by atoms with Crippen molar-refractivity contribution >= 4 is 5.91 Å². The molecule has 0 N–H and O–H groups in total. The Morgan fingerprint density at radius 3 is 2.33 bits per heavy atom. The van der Waals surface area contributed by atoms with Crippen LogP contribution in [0.1, 0.15) is 19.8 Å². The van der Waals surface area contributed by atoms with Gasteiger partial charge in [0.15, 0.2) is 0 Å². The van der Waals surface area contributed by atoms with Crippen LogP contribution < -0.4 is 0 Å². The number of hydrogen-bond donors (Lipinski definition) is 0. The van der Waals surface area contributed by atoms with E-state index in [4.69, 9.17) is 0 Å². The fourth-order valence-electron chi connectivity index (χ4n) is 0.980. The maximum absolute atomic E-state index is 10.7. The fraction of sp³-hybridized carbons (Fsp3) is 0.714. The number of nitrogens with zero attached hydrogens (tertiary/aromatic N) is 1. The molecule has 1 rings (SSSR count). The topological polar surface area (TPSA) is 20.3 Å². The molecule has 2 radical (unpaired) electrons. The van der Waals surface area contributed by atoms with Gasteiger partial charge in [-0.25, -0.2) is 0 Å². The molecule has 0 unspecified atom stereocenters. The monoisotopic (exact) mass is 125 g/mol. The molecule has 1 aliphatic heterocycles. The van der Waals surface area contributed by atoms with Crippen molar-refractivity contribution < 1.29 is 4.79 Å². The van der Waals surface area contributed by atoms with Crippen LogP contribution in [0.2, 0.25) is 0 Å². The van der Waals surface area contributed by atoms with Crippen LogP contribution in [-0.4, -0.2) is 23.9 Å². The molecule has 0 aromatic rings. The van der Waals surface area contributed by atoms with Gasteiger partial charge in [0.05, 0.1) is 0 Å². The van der Waals surface area contributed by atoms with Gasteiger partial charge in [0, 0.05) is 20.0 Å². The molecule has 9 heavy (non-hydrogen) atoms. The van der Waals surface area contributed by atoms with Gasteiger partial charge in [-0.05, 0) is 19.3 Å². The molecular weight excluding hydrogens is 114 g/mol. The lowest BCUT2D eigenvalue weighted by Crippen LogP contribution is -2.33. The van der Waals surface area contributed by atoms with E-state index >= 15 is 0 Å². The minimum absolute atomic E-state index is 0.191. The van der Waals surface area contributed by atoms with Gasteiger partial charge in [0.2, 0.25) is 5.91 Å². The number of piperidine rings is 1. The first-order chi connectivity index (χ1) is 4.30. The molecule has 2 nitrogen and oxygen atoms in total. The molecule has 0 aromatic carbocycles. The van der Waals surface area contributed by atoms with Crippen LogP contribution in [0, 0.1) is 6.42 Å². The van der Waals surface area contributed by atoms with E-state index in [-0.39, 0.29) is 5.91 Å². The van der Waals surface area contributed by atoms with Crippen molar-refractivity contribution in [3.63, 3.8) is 0 Å². The molecule has 0 aliphatic carbocycles. The summed E-state index contributed by atoms with van der Waals surface area (Å²) in [6.07, 6.45) is 5.06. The summed E-state index contributed by atoms with van der Waals surface area (Å²) in [7, 11) is 0. The summed E-state index contributed by atoms with van der Waals surface area (Å²) in [5.74, 6) is 0.191. The fourth-order valence-corrected chi connectivity index (χ4v) is 0.980. The second kappa shape index (κ2) is 2.85. The van der Waals surface area contributed by atoms with Crippen molar-refractivity contribution in [2.75, 3.05) is 13.1 Å². The summed E-state index contributed by atoms with van der Waals surface area (Å²) in [5.41, 5.74) is 0. The van der Waals surface area contributed by atoms with Crippen molar-refractivity contribution in [1.82, 2.24) is 4.90 Å². The van der Waals surface area contributed by atoms with Gasteiger partial charge in [-0.2, -0.15) is 0 Å². The summed E-state index contributed by atoms with van der Waals surface area (Å²) in [4.78, 5) is 12.6. The third-order valence-electron chi connectivity index (χ3n) is 1.56. The largest absolute Gasteiger partial charge is 0.343 e. The highest BCUT2D eigenvalue weighted by Gasteiger charge is 2.11. The molecule has 1 fully saturated rings. The number of hydrogen-bond acceptors (Lipinski definition) is 1. The molecule has 1 heterocycles. The van der Waals surface area contributed by atoms with E-state index in [1.54, 1.807) is 6.92 Å². The van der Waals surface area contributed by atoms with Gasteiger partial charge in [0.1, 0.15) is 0 Å². The molecule has 50 valence electrons. The van der Waals surface area contributed by atoms with E-state index in [0.29, 0.717) is 0 Å². The normalized spacial score (nSPS) is 19.9. The zero-order valence-corrected chi connectivity index (χ0v) is 5.68. The van der Waals surface area contributed by atoms with E-state index in [9.17, 15) is 4.79 Å². The second-order valence-corrected chi connectivity index (χ2v) is 2.26. The minimum Gasteiger partial charge on any atom is -0.343 e. The first-order valence-corrected chi connectivity index (χ1v) is 3.27.